The second-order valence-electron chi connectivity index (χ2n) is 6.34. The van der Waals surface area contributed by atoms with E-state index in [-0.39, 0.29) is 30.4 Å². The molecule has 1 N–H and O–H groups in total. The molecule has 2 rings (SSSR count). The van der Waals surface area contributed by atoms with E-state index in [0.717, 1.165) is 31.6 Å². The lowest BCUT2D eigenvalue weighted by molar-refractivity contribution is -0.148. The van der Waals surface area contributed by atoms with E-state index in [9.17, 15) is 9.59 Å². The molecule has 2 fully saturated rings. The molecule has 4 unspecified atom stereocenters. The minimum Gasteiger partial charge on any atom is -0.343 e. The van der Waals surface area contributed by atoms with Crippen molar-refractivity contribution in [1.82, 2.24) is 10.2 Å². The van der Waals surface area contributed by atoms with Gasteiger partial charge in [0.1, 0.15) is 6.04 Å². The lowest BCUT2D eigenvalue weighted by atomic mass is 9.78. The maximum atomic E-state index is 12.5. The molecule has 0 aromatic rings. The van der Waals surface area contributed by atoms with Crippen LogP contribution in [0.1, 0.15) is 52.9 Å². The van der Waals surface area contributed by atoms with Crippen molar-refractivity contribution in [3.05, 3.63) is 0 Å². The second kappa shape index (κ2) is 5.93. The van der Waals surface area contributed by atoms with E-state index < -0.39 is 0 Å². The van der Waals surface area contributed by atoms with Crippen LogP contribution in [0.3, 0.4) is 0 Å². The molecule has 1 saturated carbocycles. The van der Waals surface area contributed by atoms with Crippen molar-refractivity contribution >= 4 is 11.8 Å². The van der Waals surface area contributed by atoms with Crippen LogP contribution >= 0.6 is 0 Å². The summed E-state index contributed by atoms with van der Waals surface area (Å²) in [5.41, 5.74) is 0. The van der Waals surface area contributed by atoms with Gasteiger partial charge in [0.05, 0.1) is 6.54 Å². The topological polar surface area (TPSA) is 49.4 Å². The van der Waals surface area contributed by atoms with E-state index in [1.54, 1.807) is 0 Å². The van der Waals surface area contributed by atoms with Gasteiger partial charge in [-0.15, -0.1) is 0 Å². The predicted molar refractivity (Wildman–Crippen MR) is 74.5 cm³/mol. The average Bonchev–Trinajstić information content (AvgIpc) is 2.34. The maximum absolute atomic E-state index is 12.5. The minimum absolute atomic E-state index is 0.00359. The molecule has 0 aromatic carbocycles. The molecular weight excluding hydrogens is 240 g/mol. The molecule has 4 nitrogen and oxygen atoms in total. The minimum atomic E-state index is -0.294. The number of nitrogens with one attached hydrogen (secondary N) is 1. The molecule has 4 heteroatoms. The van der Waals surface area contributed by atoms with Gasteiger partial charge in [-0.3, -0.25) is 9.59 Å². The second-order valence-corrected chi connectivity index (χ2v) is 6.34. The van der Waals surface area contributed by atoms with Crippen LogP contribution in [0, 0.1) is 11.8 Å². The summed E-state index contributed by atoms with van der Waals surface area (Å²) in [7, 11) is 0. The molecule has 1 aliphatic heterocycles. The fourth-order valence-corrected chi connectivity index (χ4v) is 3.61. The zero-order valence-corrected chi connectivity index (χ0v) is 12.3. The molecule has 0 radical (unpaired) electrons. The lowest BCUT2D eigenvalue weighted by Crippen LogP contribution is -2.62. The third-order valence-corrected chi connectivity index (χ3v) is 4.59. The van der Waals surface area contributed by atoms with Gasteiger partial charge in [-0.1, -0.05) is 27.2 Å². The quantitative estimate of drug-likeness (QED) is 0.848. The fourth-order valence-electron chi connectivity index (χ4n) is 3.61. The number of piperazine rings is 1. The van der Waals surface area contributed by atoms with Crippen molar-refractivity contribution in [3.63, 3.8) is 0 Å². The summed E-state index contributed by atoms with van der Waals surface area (Å²) in [6.07, 6.45) is 5.04. The van der Waals surface area contributed by atoms with E-state index in [2.05, 4.69) is 19.2 Å². The molecular formula is C15H26N2O2. The van der Waals surface area contributed by atoms with Gasteiger partial charge in [0.25, 0.3) is 0 Å². The first kappa shape index (κ1) is 14.4. The van der Waals surface area contributed by atoms with Crippen LogP contribution in [0.15, 0.2) is 0 Å². The average molecular weight is 266 g/mol. The van der Waals surface area contributed by atoms with Crippen molar-refractivity contribution in [2.75, 3.05) is 6.54 Å². The molecule has 2 aliphatic rings. The van der Waals surface area contributed by atoms with Gasteiger partial charge in [-0.25, -0.2) is 0 Å². The van der Waals surface area contributed by atoms with Crippen LogP contribution in [-0.2, 0) is 9.59 Å². The summed E-state index contributed by atoms with van der Waals surface area (Å²) in [6, 6.07) is -0.0353. The molecule has 19 heavy (non-hydrogen) atoms. The first-order valence-electron chi connectivity index (χ1n) is 7.62. The highest BCUT2D eigenvalue weighted by Crippen LogP contribution is 2.32. The Morgan fingerprint density at radius 2 is 2.00 bits per heavy atom. The van der Waals surface area contributed by atoms with Gasteiger partial charge in [0.2, 0.25) is 11.8 Å². The highest BCUT2D eigenvalue weighted by molar-refractivity contribution is 5.95. The number of rotatable bonds is 3. The molecule has 1 aliphatic carbocycles. The third-order valence-electron chi connectivity index (χ3n) is 4.59. The van der Waals surface area contributed by atoms with Gasteiger partial charge in [0.15, 0.2) is 0 Å². The Balaban J connectivity index is 2.09. The zero-order chi connectivity index (χ0) is 14.0. The summed E-state index contributed by atoms with van der Waals surface area (Å²) in [5.74, 6) is 1.38. The van der Waals surface area contributed by atoms with Crippen molar-refractivity contribution < 1.29 is 9.59 Å². The van der Waals surface area contributed by atoms with Crippen LogP contribution in [0.4, 0.5) is 0 Å². The monoisotopic (exact) mass is 266 g/mol. The van der Waals surface area contributed by atoms with Gasteiger partial charge in [-0.2, -0.15) is 0 Å². The van der Waals surface area contributed by atoms with Crippen molar-refractivity contribution in [2.24, 2.45) is 11.8 Å². The third kappa shape index (κ3) is 3.10. The maximum Gasteiger partial charge on any atom is 0.245 e. The largest absolute Gasteiger partial charge is 0.343 e. The smallest absolute Gasteiger partial charge is 0.245 e. The Morgan fingerprint density at radius 3 is 2.63 bits per heavy atom. The summed E-state index contributed by atoms with van der Waals surface area (Å²) >= 11 is 0. The Kier molecular flexibility index (Phi) is 4.48. The van der Waals surface area contributed by atoms with Gasteiger partial charge in [0, 0.05) is 6.04 Å². The van der Waals surface area contributed by atoms with E-state index in [1.165, 1.54) is 6.42 Å². The van der Waals surface area contributed by atoms with Crippen molar-refractivity contribution in [1.29, 1.82) is 0 Å². The van der Waals surface area contributed by atoms with Gasteiger partial charge in [-0.05, 0) is 37.5 Å². The standard InChI is InChI=1S/C15H26N2O2/c1-4-5-12-15(19)17(9-14(18)16-12)13-7-6-10(2)8-11(13)3/h10-13H,4-9H2,1-3H3,(H,16,18). The zero-order valence-electron chi connectivity index (χ0n) is 12.3. The number of hydrogen-bond donors (Lipinski definition) is 1. The van der Waals surface area contributed by atoms with E-state index in [4.69, 9.17) is 0 Å². The van der Waals surface area contributed by atoms with Crippen LogP contribution in [0.2, 0.25) is 0 Å². The van der Waals surface area contributed by atoms with Gasteiger partial charge < -0.3 is 10.2 Å². The number of amides is 2. The Morgan fingerprint density at radius 1 is 1.26 bits per heavy atom. The Labute approximate surface area is 115 Å². The number of carbonyl (C=O) groups is 2. The molecule has 108 valence electrons. The highest BCUT2D eigenvalue weighted by atomic mass is 16.2. The summed E-state index contributed by atoms with van der Waals surface area (Å²) in [6.45, 7) is 6.79. The van der Waals surface area contributed by atoms with Gasteiger partial charge >= 0.3 is 0 Å². The number of nitrogens with zero attached hydrogens (tertiary/aromatic N) is 1. The predicted octanol–water partition coefficient (Wildman–Crippen LogP) is 1.94. The molecule has 0 spiro atoms. The van der Waals surface area contributed by atoms with Crippen LogP contribution in [0.5, 0.6) is 0 Å². The summed E-state index contributed by atoms with van der Waals surface area (Å²) in [5, 5.41) is 2.83. The van der Waals surface area contributed by atoms with Crippen LogP contribution in [0.25, 0.3) is 0 Å². The summed E-state index contributed by atoms with van der Waals surface area (Å²) < 4.78 is 0. The Bertz CT molecular complexity index is 356. The van der Waals surface area contributed by atoms with Crippen molar-refractivity contribution in [3.8, 4) is 0 Å². The molecule has 2 amide bonds. The molecule has 0 aromatic heterocycles. The molecule has 1 saturated heterocycles. The highest BCUT2D eigenvalue weighted by Gasteiger charge is 2.39. The van der Waals surface area contributed by atoms with Crippen LogP contribution < -0.4 is 5.32 Å². The van der Waals surface area contributed by atoms with Crippen molar-refractivity contribution in [2.45, 2.75) is 65.0 Å². The fraction of sp³-hybridized carbons (Fsp3) is 0.867. The Hall–Kier alpha value is -1.06. The normalized spacial score (nSPS) is 36.3. The van der Waals surface area contributed by atoms with Crippen LogP contribution in [-0.4, -0.2) is 35.3 Å². The molecule has 0 bridgehead atoms. The first-order chi connectivity index (χ1) is 9.02. The molecule has 4 atom stereocenters. The lowest BCUT2D eigenvalue weighted by Gasteiger charge is -2.43. The van der Waals surface area contributed by atoms with E-state index in [0.29, 0.717) is 5.92 Å². The van der Waals surface area contributed by atoms with E-state index in [1.807, 2.05) is 11.8 Å². The number of carbonyl (C=O) groups excluding carboxylic acids is 2. The number of hydrogen-bond acceptors (Lipinski definition) is 2. The SMILES string of the molecule is CCCC1NC(=O)CN(C2CCC(C)CC2C)C1=O. The molecule has 1 heterocycles. The first-order valence-corrected chi connectivity index (χ1v) is 7.62. The summed E-state index contributed by atoms with van der Waals surface area (Å²) in [4.78, 5) is 26.2. The van der Waals surface area contributed by atoms with E-state index >= 15 is 0 Å².